The summed E-state index contributed by atoms with van der Waals surface area (Å²) in [5.41, 5.74) is 0. The summed E-state index contributed by atoms with van der Waals surface area (Å²) in [6, 6.07) is 10.4. The third-order valence-corrected chi connectivity index (χ3v) is 5.22. The number of carbonyl (C=O) groups is 1. The highest BCUT2D eigenvalue weighted by Gasteiger charge is 2.26. The van der Waals surface area contributed by atoms with Crippen LogP contribution in [0.2, 0.25) is 0 Å². The second-order valence-corrected chi connectivity index (χ2v) is 6.69. The minimum atomic E-state index is -0.00785. The lowest BCUT2D eigenvalue weighted by Gasteiger charge is -2.31. The summed E-state index contributed by atoms with van der Waals surface area (Å²) in [5.74, 6) is 0.723. The maximum absolute atomic E-state index is 12.4. The SMILES string of the molecule is CCC(Sc1ccccc1)C(=O)NC1CNCCC1C.Cl. The standard InChI is InChI=1S/C16H24N2OS.ClH/c1-3-15(20-13-7-5-4-6-8-13)16(19)18-14-11-17-10-9-12(14)2;/h4-8,12,14-15,17H,3,9-11H2,1-2H3,(H,18,19);1H. The van der Waals surface area contributed by atoms with Crippen LogP contribution in [0.4, 0.5) is 0 Å². The Bertz CT molecular complexity index is 430. The third kappa shape index (κ3) is 5.53. The highest BCUT2D eigenvalue weighted by molar-refractivity contribution is 8.00. The van der Waals surface area contributed by atoms with E-state index in [-0.39, 0.29) is 29.6 Å². The number of hydrogen-bond acceptors (Lipinski definition) is 3. The van der Waals surface area contributed by atoms with Crippen LogP contribution in [0.15, 0.2) is 35.2 Å². The van der Waals surface area contributed by atoms with E-state index in [1.165, 1.54) is 0 Å². The molecule has 0 bridgehead atoms. The summed E-state index contributed by atoms with van der Waals surface area (Å²) in [5, 5.41) is 6.57. The van der Waals surface area contributed by atoms with E-state index >= 15 is 0 Å². The molecular formula is C16H25ClN2OS. The molecule has 118 valence electrons. The van der Waals surface area contributed by atoms with Crippen LogP contribution in [0.5, 0.6) is 0 Å². The molecule has 21 heavy (non-hydrogen) atoms. The maximum Gasteiger partial charge on any atom is 0.233 e. The van der Waals surface area contributed by atoms with E-state index < -0.39 is 0 Å². The molecule has 0 aliphatic carbocycles. The fourth-order valence-corrected chi connectivity index (χ4v) is 3.43. The van der Waals surface area contributed by atoms with Crippen LogP contribution in [-0.4, -0.2) is 30.3 Å². The van der Waals surface area contributed by atoms with Crippen molar-refractivity contribution in [3.8, 4) is 0 Å². The quantitative estimate of drug-likeness (QED) is 0.816. The first-order chi connectivity index (χ1) is 9.70. The molecule has 1 aromatic carbocycles. The molecule has 0 saturated carbocycles. The summed E-state index contributed by atoms with van der Waals surface area (Å²) < 4.78 is 0. The molecule has 2 rings (SSSR count). The van der Waals surface area contributed by atoms with E-state index in [1.54, 1.807) is 11.8 Å². The average Bonchev–Trinajstić information content (AvgIpc) is 2.48. The zero-order valence-corrected chi connectivity index (χ0v) is 14.3. The first kappa shape index (κ1) is 18.3. The van der Waals surface area contributed by atoms with Crippen LogP contribution in [0.25, 0.3) is 0 Å². The Morgan fingerprint density at radius 3 is 2.76 bits per heavy atom. The Balaban J connectivity index is 0.00000220. The Morgan fingerprint density at radius 2 is 2.14 bits per heavy atom. The maximum atomic E-state index is 12.4. The zero-order valence-electron chi connectivity index (χ0n) is 12.7. The Labute approximate surface area is 138 Å². The van der Waals surface area contributed by atoms with Gasteiger partial charge in [-0.25, -0.2) is 0 Å². The summed E-state index contributed by atoms with van der Waals surface area (Å²) >= 11 is 1.65. The number of carbonyl (C=O) groups excluding carboxylic acids is 1. The zero-order chi connectivity index (χ0) is 14.4. The number of piperidine rings is 1. The fourth-order valence-electron chi connectivity index (χ4n) is 2.44. The molecule has 1 amide bonds. The van der Waals surface area contributed by atoms with E-state index in [0.717, 1.165) is 30.8 Å². The van der Waals surface area contributed by atoms with Gasteiger partial charge in [-0.1, -0.05) is 32.0 Å². The van der Waals surface area contributed by atoms with Gasteiger partial charge in [0, 0.05) is 17.5 Å². The second kappa shape index (κ2) is 9.34. The summed E-state index contributed by atoms with van der Waals surface area (Å²) in [6.45, 7) is 6.24. The molecule has 1 fully saturated rings. The highest BCUT2D eigenvalue weighted by Crippen LogP contribution is 2.25. The molecule has 0 radical (unpaired) electrons. The number of nitrogens with one attached hydrogen (secondary N) is 2. The Morgan fingerprint density at radius 1 is 1.43 bits per heavy atom. The van der Waals surface area contributed by atoms with Crippen molar-refractivity contribution in [1.29, 1.82) is 0 Å². The largest absolute Gasteiger partial charge is 0.351 e. The van der Waals surface area contributed by atoms with Crippen LogP contribution in [-0.2, 0) is 4.79 Å². The van der Waals surface area contributed by atoms with E-state index in [2.05, 4.69) is 36.6 Å². The van der Waals surface area contributed by atoms with Crippen molar-refractivity contribution in [3.05, 3.63) is 30.3 Å². The summed E-state index contributed by atoms with van der Waals surface area (Å²) in [4.78, 5) is 13.6. The molecular weight excluding hydrogens is 304 g/mol. The molecule has 3 atom stereocenters. The van der Waals surface area contributed by atoms with Crippen molar-refractivity contribution < 1.29 is 4.79 Å². The van der Waals surface area contributed by atoms with Gasteiger partial charge in [0.25, 0.3) is 0 Å². The van der Waals surface area contributed by atoms with E-state index in [1.807, 2.05) is 18.2 Å². The van der Waals surface area contributed by atoms with Crippen molar-refractivity contribution in [3.63, 3.8) is 0 Å². The van der Waals surface area contributed by atoms with Crippen molar-refractivity contribution in [2.45, 2.75) is 42.9 Å². The molecule has 1 heterocycles. The van der Waals surface area contributed by atoms with Gasteiger partial charge >= 0.3 is 0 Å². The van der Waals surface area contributed by atoms with Gasteiger partial charge in [-0.3, -0.25) is 4.79 Å². The predicted octanol–water partition coefficient (Wildman–Crippen LogP) is 3.09. The normalized spacial score (nSPS) is 23.0. The smallest absolute Gasteiger partial charge is 0.233 e. The molecule has 3 nitrogen and oxygen atoms in total. The Kier molecular flexibility index (Phi) is 8.15. The van der Waals surface area contributed by atoms with Gasteiger partial charge in [-0.05, 0) is 37.4 Å². The molecule has 5 heteroatoms. The summed E-state index contributed by atoms with van der Waals surface area (Å²) in [6.07, 6.45) is 1.98. The number of benzene rings is 1. The van der Waals surface area contributed by atoms with E-state index in [9.17, 15) is 4.79 Å². The van der Waals surface area contributed by atoms with E-state index in [0.29, 0.717) is 5.92 Å². The first-order valence-electron chi connectivity index (χ1n) is 7.43. The van der Waals surface area contributed by atoms with Gasteiger partial charge in [-0.15, -0.1) is 24.2 Å². The summed E-state index contributed by atoms with van der Waals surface area (Å²) in [7, 11) is 0. The highest BCUT2D eigenvalue weighted by atomic mass is 35.5. The topological polar surface area (TPSA) is 41.1 Å². The number of rotatable bonds is 5. The third-order valence-electron chi connectivity index (χ3n) is 3.84. The molecule has 1 saturated heterocycles. The fraction of sp³-hybridized carbons (Fsp3) is 0.562. The minimum absolute atomic E-state index is 0. The molecule has 1 aliphatic heterocycles. The molecule has 3 unspecified atom stereocenters. The lowest BCUT2D eigenvalue weighted by Crippen LogP contribution is -2.52. The van der Waals surface area contributed by atoms with Crippen molar-refractivity contribution in [2.75, 3.05) is 13.1 Å². The van der Waals surface area contributed by atoms with Crippen molar-refractivity contribution in [1.82, 2.24) is 10.6 Å². The van der Waals surface area contributed by atoms with Crippen LogP contribution in [0, 0.1) is 5.92 Å². The number of hydrogen-bond donors (Lipinski definition) is 2. The predicted molar refractivity (Wildman–Crippen MR) is 92.2 cm³/mol. The number of thioether (sulfide) groups is 1. The van der Waals surface area contributed by atoms with Crippen LogP contribution >= 0.6 is 24.2 Å². The number of halogens is 1. The Hall–Kier alpha value is -0.710. The van der Waals surface area contributed by atoms with Crippen LogP contribution in [0.1, 0.15) is 26.7 Å². The van der Waals surface area contributed by atoms with Gasteiger partial charge in [0.2, 0.25) is 5.91 Å². The van der Waals surface area contributed by atoms with Crippen LogP contribution in [0.3, 0.4) is 0 Å². The minimum Gasteiger partial charge on any atom is -0.351 e. The monoisotopic (exact) mass is 328 g/mol. The second-order valence-electron chi connectivity index (χ2n) is 5.41. The van der Waals surface area contributed by atoms with Crippen molar-refractivity contribution in [2.24, 2.45) is 5.92 Å². The van der Waals surface area contributed by atoms with E-state index in [4.69, 9.17) is 0 Å². The molecule has 2 N–H and O–H groups in total. The molecule has 0 spiro atoms. The first-order valence-corrected chi connectivity index (χ1v) is 8.31. The van der Waals surface area contributed by atoms with Gasteiger partial charge in [0.05, 0.1) is 5.25 Å². The van der Waals surface area contributed by atoms with Gasteiger partial charge in [0.1, 0.15) is 0 Å². The van der Waals surface area contributed by atoms with Gasteiger partial charge in [0.15, 0.2) is 0 Å². The van der Waals surface area contributed by atoms with Gasteiger partial charge < -0.3 is 10.6 Å². The average molecular weight is 329 g/mol. The van der Waals surface area contributed by atoms with Crippen LogP contribution < -0.4 is 10.6 Å². The molecule has 0 aromatic heterocycles. The lowest BCUT2D eigenvalue weighted by molar-refractivity contribution is -0.121. The lowest BCUT2D eigenvalue weighted by atomic mass is 9.94. The molecule has 1 aliphatic rings. The number of amides is 1. The van der Waals surface area contributed by atoms with Crippen molar-refractivity contribution >= 4 is 30.1 Å². The molecule has 1 aromatic rings. The van der Waals surface area contributed by atoms with Gasteiger partial charge in [-0.2, -0.15) is 0 Å².